The average Bonchev–Trinajstić information content (AvgIpc) is 3.18. The number of rotatable bonds is 11. The molecule has 59 heavy (non-hydrogen) atoms. The van der Waals surface area contributed by atoms with Gasteiger partial charge >= 0.3 is 0 Å². The minimum atomic E-state index is -0.224. The van der Waals surface area contributed by atoms with Crippen LogP contribution in [0.15, 0.2) is 48.5 Å². The smallest absolute Gasteiger partial charge is 0.126 e. The molecule has 4 aromatic rings. The summed E-state index contributed by atoms with van der Waals surface area (Å²) in [5.74, 6) is -0.0129. The first-order valence-corrected chi connectivity index (χ1v) is 19.6. The van der Waals surface area contributed by atoms with E-state index in [1.807, 2.05) is 46.8 Å². The highest BCUT2D eigenvalue weighted by Crippen LogP contribution is 2.39. The van der Waals surface area contributed by atoms with Crippen molar-refractivity contribution in [1.82, 2.24) is 0 Å². The summed E-state index contributed by atoms with van der Waals surface area (Å²) < 4.78 is 0. The summed E-state index contributed by atoms with van der Waals surface area (Å²) in [7, 11) is 0. The molecule has 0 radical (unpaired) electrons. The first kappa shape index (κ1) is 52.8. The molecule has 4 rings (SSSR count). The van der Waals surface area contributed by atoms with Crippen LogP contribution in [0.4, 0.5) is 0 Å². The van der Waals surface area contributed by atoms with Gasteiger partial charge in [0.25, 0.3) is 0 Å². The summed E-state index contributed by atoms with van der Waals surface area (Å²) in [5.41, 5.74) is 7.73. The second-order valence-corrected chi connectivity index (χ2v) is 17.5. The Balaban J connectivity index is 0.000000399. The summed E-state index contributed by atoms with van der Waals surface area (Å²) in [6.07, 6.45) is 1.79. The highest BCUT2D eigenvalue weighted by molar-refractivity contribution is 5.47. The summed E-state index contributed by atoms with van der Waals surface area (Å²) >= 11 is 0. The van der Waals surface area contributed by atoms with Gasteiger partial charge in [-0.05, 0) is 89.1 Å². The lowest BCUT2D eigenvalue weighted by molar-refractivity contribution is 0.259. The molecule has 12 nitrogen and oxygen atoms in total. The summed E-state index contributed by atoms with van der Waals surface area (Å²) in [6, 6.07) is 14.1. The molecule has 0 bridgehead atoms. The average molecular weight is 827 g/mol. The molecular weight excluding hydrogens is 757 g/mol. The van der Waals surface area contributed by atoms with E-state index in [0.29, 0.717) is 44.5 Å². The second-order valence-electron chi connectivity index (χ2n) is 17.5. The molecule has 0 aliphatic carbocycles. The van der Waals surface area contributed by atoms with Crippen molar-refractivity contribution < 1.29 is 61.3 Å². The van der Waals surface area contributed by atoms with Gasteiger partial charge < -0.3 is 61.3 Å². The van der Waals surface area contributed by atoms with Crippen LogP contribution in [0.25, 0.3) is 0 Å². The normalized spacial score (nSPS) is 11.5. The van der Waals surface area contributed by atoms with Crippen molar-refractivity contribution in [3.8, 4) is 23.0 Å². The minimum Gasteiger partial charge on any atom is -0.507 e. The zero-order valence-electron chi connectivity index (χ0n) is 36.6. The molecule has 0 saturated heterocycles. The molecule has 12 N–H and O–H groups in total. The molecular formula is C47H70O12. The largest absolute Gasteiger partial charge is 0.507 e. The number of phenols is 4. The quantitative estimate of drug-likeness (QED) is 0.0788. The third-order valence-corrected chi connectivity index (χ3v) is 9.67. The predicted octanol–water partition coefficient (Wildman–Crippen LogP) is 6.39. The van der Waals surface area contributed by atoms with E-state index in [-0.39, 0.29) is 92.1 Å². The molecule has 330 valence electrons. The Hall–Kier alpha value is -4.24. The zero-order chi connectivity index (χ0) is 45.5. The third kappa shape index (κ3) is 15.7. The molecule has 0 aromatic heterocycles. The maximum absolute atomic E-state index is 9.89. The molecule has 0 unspecified atom stereocenters. The van der Waals surface area contributed by atoms with Crippen molar-refractivity contribution >= 4 is 0 Å². The van der Waals surface area contributed by atoms with E-state index in [9.17, 15) is 30.6 Å². The van der Waals surface area contributed by atoms with Crippen LogP contribution >= 0.6 is 0 Å². The summed E-state index contributed by atoms with van der Waals surface area (Å²) in [4.78, 5) is 0. The van der Waals surface area contributed by atoms with Crippen molar-refractivity contribution in [3.63, 3.8) is 0 Å². The number of aliphatic hydroxyl groups excluding tert-OH is 8. The van der Waals surface area contributed by atoms with Gasteiger partial charge in [-0.1, -0.05) is 80.0 Å². The molecule has 4 aromatic carbocycles. The van der Waals surface area contributed by atoms with E-state index in [1.54, 1.807) is 36.4 Å². The molecule has 0 aliphatic heterocycles. The first-order chi connectivity index (χ1) is 27.4. The summed E-state index contributed by atoms with van der Waals surface area (Å²) in [5, 5.41) is 111. The van der Waals surface area contributed by atoms with Crippen LogP contribution in [-0.2, 0) is 70.1 Å². The van der Waals surface area contributed by atoms with E-state index >= 15 is 0 Å². The molecule has 0 spiro atoms. The van der Waals surface area contributed by atoms with E-state index in [4.69, 9.17) is 30.6 Å². The number of hydrogen-bond acceptors (Lipinski definition) is 12. The maximum Gasteiger partial charge on any atom is 0.126 e. The zero-order valence-corrected chi connectivity index (χ0v) is 36.6. The third-order valence-electron chi connectivity index (χ3n) is 9.67. The van der Waals surface area contributed by atoms with Crippen LogP contribution < -0.4 is 0 Å². The van der Waals surface area contributed by atoms with Crippen LogP contribution in [0.3, 0.4) is 0 Å². The lowest BCUT2D eigenvalue weighted by Gasteiger charge is -2.33. The van der Waals surface area contributed by atoms with Crippen LogP contribution in [0, 0.1) is 12.3 Å². The molecule has 0 aliphatic rings. The van der Waals surface area contributed by atoms with Crippen molar-refractivity contribution in [3.05, 3.63) is 115 Å². The van der Waals surface area contributed by atoms with Gasteiger partial charge in [-0.25, -0.2) is 0 Å². The Morgan fingerprint density at radius 2 is 0.644 bits per heavy atom. The van der Waals surface area contributed by atoms with Gasteiger partial charge in [0.05, 0.1) is 52.9 Å². The van der Waals surface area contributed by atoms with Gasteiger partial charge in [0.15, 0.2) is 0 Å². The van der Waals surface area contributed by atoms with Crippen molar-refractivity contribution in [2.75, 3.05) is 0 Å². The number of aliphatic hydroxyl groups is 8. The van der Waals surface area contributed by atoms with Gasteiger partial charge in [0.1, 0.15) is 23.0 Å². The number of aryl methyl sites for hydroxylation is 2. The highest BCUT2D eigenvalue weighted by atomic mass is 16.3. The van der Waals surface area contributed by atoms with Crippen molar-refractivity contribution in [2.24, 2.45) is 5.41 Å². The fourth-order valence-corrected chi connectivity index (χ4v) is 6.71. The standard InChI is InChI=1S/C16H26O3.C12H18O3.C10H14O3.C9H12O3/c1-15(2,3)10-16(4,5)13-6-11(8-17)14(19)12(7-13)9-18;1-12(2,3)10-4-8(6-13)11(15)9(5-10)7-14;1-2-7-3-8(5-11)10(13)9(4-7)6-12;1-6-2-7(4-10)9(12)8(3-6)5-11/h6-7,17-19H,8-10H2,1-5H3;4-5,13-15H,6-7H2,1-3H3;3-4,11-13H,2,5-6H2,1H3;2-3,10-12H,4-5H2,1H3. The molecule has 0 atom stereocenters. The van der Waals surface area contributed by atoms with Crippen LogP contribution in [0.2, 0.25) is 0 Å². The second kappa shape index (κ2) is 23.5. The van der Waals surface area contributed by atoms with Crippen molar-refractivity contribution in [1.29, 1.82) is 0 Å². The lowest BCUT2D eigenvalue weighted by Crippen LogP contribution is -2.25. The number of aromatic hydroxyl groups is 4. The molecule has 0 amide bonds. The minimum absolute atomic E-state index is 0.000286. The summed E-state index contributed by atoms with van der Waals surface area (Å²) in [6.45, 7) is 19.1. The molecule has 12 heteroatoms. The topological polar surface area (TPSA) is 243 Å². The van der Waals surface area contributed by atoms with Crippen molar-refractivity contribution in [2.45, 2.75) is 146 Å². The molecule has 0 fully saturated rings. The van der Waals surface area contributed by atoms with E-state index in [0.717, 1.165) is 35.1 Å². The van der Waals surface area contributed by atoms with E-state index in [2.05, 4.69) is 34.6 Å². The van der Waals surface area contributed by atoms with Crippen LogP contribution in [0.1, 0.15) is 135 Å². The van der Waals surface area contributed by atoms with Gasteiger partial charge in [-0.3, -0.25) is 0 Å². The first-order valence-electron chi connectivity index (χ1n) is 19.6. The Morgan fingerprint density at radius 3 is 0.881 bits per heavy atom. The van der Waals surface area contributed by atoms with Crippen LogP contribution in [-0.4, -0.2) is 61.3 Å². The Kier molecular flexibility index (Phi) is 21.0. The highest BCUT2D eigenvalue weighted by Gasteiger charge is 2.28. The molecule has 0 heterocycles. The Morgan fingerprint density at radius 1 is 0.390 bits per heavy atom. The Bertz CT molecular complexity index is 1820. The number of benzene rings is 4. The van der Waals surface area contributed by atoms with Gasteiger partial charge in [-0.15, -0.1) is 0 Å². The maximum atomic E-state index is 9.89. The predicted molar refractivity (Wildman–Crippen MR) is 230 cm³/mol. The van der Waals surface area contributed by atoms with Gasteiger partial charge in [0.2, 0.25) is 0 Å². The fourth-order valence-electron chi connectivity index (χ4n) is 6.71. The lowest BCUT2D eigenvalue weighted by atomic mass is 9.71. The van der Waals surface area contributed by atoms with E-state index < -0.39 is 0 Å². The molecule has 0 saturated carbocycles. The van der Waals surface area contributed by atoms with Gasteiger partial charge in [-0.2, -0.15) is 0 Å². The van der Waals surface area contributed by atoms with E-state index in [1.165, 1.54) is 0 Å². The van der Waals surface area contributed by atoms with Crippen LogP contribution in [0.5, 0.6) is 23.0 Å². The monoisotopic (exact) mass is 826 g/mol. The van der Waals surface area contributed by atoms with Gasteiger partial charge in [0, 0.05) is 44.5 Å². The SMILES string of the molecule is CC(C)(C)CC(C)(C)c1cc(CO)c(O)c(CO)c1.CC(C)(C)c1cc(CO)c(O)c(CO)c1.CCc1cc(CO)c(O)c(CO)c1.Cc1cc(CO)c(O)c(CO)c1. The Labute approximate surface area is 350 Å². The fraction of sp³-hybridized carbons (Fsp3) is 0.489. The number of hydrogen-bond donors (Lipinski definition) is 12.